The maximum Gasteiger partial charge on any atom is 0.267 e. The minimum atomic E-state index is -0.636. The van der Waals surface area contributed by atoms with Crippen molar-refractivity contribution in [1.29, 1.82) is 0 Å². The van der Waals surface area contributed by atoms with E-state index in [-0.39, 0.29) is 0 Å². The van der Waals surface area contributed by atoms with Crippen LogP contribution in [0.2, 0.25) is 5.02 Å². The number of carbonyl (C=O) groups excluding carboxylic acids is 1. The Bertz CT molecular complexity index is 919. The van der Waals surface area contributed by atoms with Gasteiger partial charge < -0.3 is 9.47 Å². The van der Waals surface area contributed by atoms with Gasteiger partial charge in [-0.1, -0.05) is 24.2 Å². The number of hydroxylamine groups is 1. The summed E-state index contributed by atoms with van der Waals surface area (Å²) in [4.78, 5) is 11.3. The molecule has 0 atom stereocenters. The number of rotatable bonds is 6. The second-order valence-corrected chi connectivity index (χ2v) is 6.31. The molecule has 0 spiro atoms. The van der Waals surface area contributed by atoms with E-state index in [1.165, 1.54) is 6.08 Å². The zero-order valence-corrected chi connectivity index (χ0v) is 16.5. The average Bonchev–Trinajstić information content (AvgIpc) is 2.69. The van der Waals surface area contributed by atoms with Crippen molar-refractivity contribution in [1.82, 2.24) is 5.48 Å². The molecule has 142 valence electrons. The SMILES string of the molecule is C=C(c1ccc(OC)c(/C=C/C(=O)NO)c1)c1cc(OC)c(C)c(C)c1Cl. The smallest absolute Gasteiger partial charge is 0.267 e. The van der Waals surface area contributed by atoms with Gasteiger partial charge in [0.1, 0.15) is 11.5 Å². The van der Waals surface area contributed by atoms with Crippen molar-refractivity contribution in [2.75, 3.05) is 14.2 Å². The quantitative estimate of drug-likeness (QED) is 0.433. The predicted octanol–water partition coefficient (Wildman–Crippen LogP) is 4.55. The third-order valence-corrected chi connectivity index (χ3v) is 4.91. The molecule has 0 aliphatic carbocycles. The lowest BCUT2D eigenvalue weighted by Gasteiger charge is -2.16. The third-order valence-electron chi connectivity index (χ3n) is 4.42. The first-order valence-corrected chi connectivity index (χ1v) is 8.55. The molecule has 0 aliphatic rings. The van der Waals surface area contributed by atoms with E-state index < -0.39 is 5.91 Å². The van der Waals surface area contributed by atoms with Gasteiger partial charge in [-0.15, -0.1) is 0 Å². The molecule has 0 heterocycles. The fraction of sp³-hybridized carbons (Fsp3) is 0.190. The molecule has 2 aromatic carbocycles. The number of benzene rings is 2. The molecule has 6 heteroatoms. The number of hydrogen-bond acceptors (Lipinski definition) is 4. The van der Waals surface area contributed by atoms with Crippen molar-refractivity contribution in [3.05, 3.63) is 69.8 Å². The molecule has 0 aliphatic heterocycles. The first-order valence-electron chi connectivity index (χ1n) is 8.17. The van der Waals surface area contributed by atoms with Crippen molar-refractivity contribution in [3.63, 3.8) is 0 Å². The van der Waals surface area contributed by atoms with Crippen LogP contribution in [0.3, 0.4) is 0 Å². The summed E-state index contributed by atoms with van der Waals surface area (Å²) in [7, 11) is 3.16. The Morgan fingerprint density at radius 3 is 2.41 bits per heavy atom. The van der Waals surface area contributed by atoms with Gasteiger partial charge in [-0.2, -0.15) is 0 Å². The molecule has 2 rings (SSSR count). The summed E-state index contributed by atoms with van der Waals surface area (Å²) in [5, 5.41) is 9.25. The minimum absolute atomic E-state index is 0.581. The highest BCUT2D eigenvalue weighted by Crippen LogP contribution is 2.37. The maximum absolute atomic E-state index is 11.3. The molecule has 0 fully saturated rings. The van der Waals surface area contributed by atoms with Crippen LogP contribution in [0.1, 0.15) is 27.8 Å². The fourth-order valence-electron chi connectivity index (χ4n) is 2.70. The Kier molecular flexibility index (Phi) is 6.66. The van der Waals surface area contributed by atoms with Crippen LogP contribution in [-0.2, 0) is 4.79 Å². The Hall–Kier alpha value is -2.76. The van der Waals surface area contributed by atoms with Crippen molar-refractivity contribution in [2.24, 2.45) is 0 Å². The molecule has 27 heavy (non-hydrogen) atoms. The van der Waals surface area contributed by atoms with E-state index in [0.717, 1.165) is 28.0 Å². The van der Waals surface area contributed by atoms with Gasteiger partial charge in [-0.25, -0.2) is 5.48 Å². The summed E-state index contributed by atoms with van der Waals surface area (Å²) in [6.45, 7) is 8.08. The third kappa shape index (κ3) is 4.32. The van der Waals surface area contributed by atoms with Crippen LogP contribution in [0.5, 0.6) is 11.5 Å². The fourth-order valence-corrected chi connectivity index (χ4v) is 3.01. The van der Waals surface area contributed by atoms with Gasteiger partial charge in [-0.3, -0.25) is 10.0 Å². The van der Waals surface area contributed by atoms with Crippen molar-refractivity contribution in [2.45, 2.75) is 13.8 Å². The molecular weight excluding hydrogens is 366 g/mol. The molecule has 0 bridgehead atoms. The van der Waals surface area contributed by atoms with Crippen LogP contribution in [0.15, 0.2) is 36.9 Å². The van der Waals surface area contributed by atoms with E-state index >= 15 is 0 Å². The summed E-state index contributed by atoms with van der Waals surface area (Å²) in [6, 6.07) is 7.35. The number of carbonyl (C=O) groups is 1. The number of ether oxygens (including phenoxy) is 2. The lowest BCUT2D eigenvalue weighted by molar-refractivity contribution is -0.124. The van der Waals surface area contributed by atoms with Crippen LogP contribution in [0, 0.1) is 13.8 Å². The van der Waals surface area contributed by atoms with Gasteiger partial charge in [0, 0.05) is 17.2 Å². The highest BCUT2D eigenvalue weighted by Gasteiger charge is 2.15. The Labute approximate surface area is 163 Å². The lowest BCUT2D eigenvalue weighted by atomic mass is 9.94. The van der Waals surface area contributed by atoms with Crippen molar-refractivity contribution < 1.29 is 19.5 Å². The summed E-state index contributed by atoms with van der Waals surface area (Å²) in [5.41, 5.74) is 6.41. The van der Waals surface area contributed by atoms with E-state index in [1.807, 2.05) is 32.0 Å². The summed E-state index contributed by atoms with van der Waals surface area (Å²) in [5.74, 6) is 0.682. The molecule has 0 saturated heterocycles. The summed E-state index contributed by atoms with van der Waals surface area (Å²) >= 11 is 6.56. The van der Waals surface area contributed by atoms with Crippen LogP contribution in [0.4, 0.5) is 0 Å². The molecule has 2 N–H and O–H groups in total. The van der Waals surface area contributed by atoms with Gasteiger partial charge in [0.2, 0.25) is 0 Å². The number of halogens is 1. The molecule has 1 amide bonds. The molecule has 0 aromatic heterocycles. The summed E-state index contributed by atoms with van der Waals surface area (Å²) < 4.78 is 10.8. The van der Waals surface area contributed by atoms with Gasteiger partial charge in [-0.05, 0) is 60.4 Å². The van der Waals surface area contributed by atoms with Crippen LogP contribution in [0.25, 0.3) is 11.6 Å². The largest absolute Gasteiger partial charge is 0.496 e. The second-order valence-electron chi connectivity index (χ2n) is 5.94. The minimum Gasteiger partial charge on any atom is -0.496 e. The van der Waals surface area contributed by atoms with Gasteiger partial charge in [0.05, 0.1) is 19.2 Å². The molecular formula is C21H22ClNO4. The highest BCUT2D eigenvalue weighted by molar-refractivity contribution is 6.33. The van der Waals surface area contributed by atoms with E-state index in [9.17, 15) is 4.79 Å². The Balaban J connectivity index is 2.53. The molecule has 0 radical (unpaired) electrons. The number of hydrogen-bond donors (Lipinski definition) is 2. The molecule has 2 aromatic rings. The topological polar surface area (TPSA) is 67.8 Å². The van der Waals surface area contributed by atoms with E-state index in [4.69, 9.17) is 26.3 Å². The average molecular weight is 388 g/mol. The van der Waals surface area contributed by atoms with Gasteiger partial charge >= 0.3 is 0 Å². The Morgan fingerprint density at radius 2 is 1.81 bits per heavy atom. The first-order chi connectivity index (χ1) is 12.8. The lowest BCUT2D eigenvalue weighted by Crippen LogP contribution is -2.14. The number of amides is 1. The van der Waals surface area contributed by atoms with E-state index in [1.54, 1.807) is 31.8 Å². The van der Waals surface area contributed by atoms with Crippen LogP contribution in [-0.4, -0.2) is 25.3 Å². The van der Waals surface area contributed by atoms with E-state index in [2.05, 4.69) is 6.58 Å². The normalized spacial score (nSPS) is 10.7. The standard InChI is InChI=1S/C21H22ClNO4/c1-12-13(2)21(22)17(11-19(12)27-5)14(3)15-6-8-18(26-4)16(10-15)7-9-20(24)23-25/h6-11,25H,3H2,1-2,4-5H3,(H,23,24)/b9-7+. The van der Waals surface area contributed by atoms with E-state index in [0.29, 0.717) is 21.9 Å². The first kappa shape index (κ1) is 20.6. The van der Waals surface area contributed by atoms with Crippen LogP contribution >= 0.6 is 11.6 Å². The zero-order valence-electron chi connectivity index (χ0n) is 15.7. The molecule has 0 unspecified atom stereocenters. The van der Waals surface area contributed by atoms with Gasteiger partial charge in [0.15, 0.2) is 0 Å². The number of nitrogens with one attached hydrogen (secondary N) is 1. The van der Waals surface area contributed by atoms with Crippen molar-refractivity contribution in [3.8, 4) is 11.5 Å². The maximum atomic E-state index is 11.3. The molecule has 0 saturated carbocycles. The number of methoxy groups -OCH3 is 2. The zero-order chi connectivity index (χ0) is 20.1. The van der Waals surface area contributed by atoms with Crippen LogP contribution < -0.4 is 15.0 Å². The van der Waals surface area contributed by atoms with Crippen molar-refractivity contribution >= 4 is 29.2 Å². The Morgan fingerprint density at radius 1 is 1.15 bits per heavy atom. The summed E-state index contributed by atoms with van der Waals surface area (Å²) in [6.07, 6.45) is 2.75. The monoisotopic (exact) mass is 387 g/mol. The second kappa shape index (κ2) is 8.75. The highest BCUT2D eigenvalue weighted by atomic mass is 35.5. The predicted molar refractivity (Wildman–Crippen MR) is 108 cm³/mol. The van der Waals surface area contributed by atoms with Gasteiger partial charge in [0.25, 0.3) is 5.91 Å². The molecule has 5 nitrogen and oxygen atoms in total.